The predicted octanol–water partition coefficient (Wildman–Crippen LogP) is 2.95. The summed E-state index contributed by atoms with van der Waals surface area (Å²) in [5, 5.41) is 0. The average molecular weight is 161 g/mol. The maximum atomic E-state index is 5.58. The zero-order chi connectivity index (χ0) is 8.97. The topological polar surface area (TPSA) is 26.0 Å². The molecule has 0 fully saturated rings. The number of allylic oxidation sites excluding steroid dienone is 2. The third kappa shape index (κ3) is 2.12. The van der Waals surface area contributed by atoms with Crippen molar-refractivity contribution in [2.75, 3.05) is 5.73 Å². The summed E-state index contributed by atoms with van der Waals surface area (Å²) in [5.41, 5.74) is 7.72. The van der Waals surface area contributed by atoms with E-state index in [-0.39, 0.29) is 0 Å². The number of hydrogen-bond donors (Lipinski definition) is 1. The standard InChI is InChI=1S/C11H15N/c1-3-4-9(2)10-5-7-11(12)8-6-10/h3-9H,12H2,1-2H3/b4-3+/t9-/m0/s1. The van der Waals surface area contributed by atoms with Crippen molar-refractivity contribution in [2.45, 2.75) is 19.8 Å². The highest BCUT2D eigenvalue weighted by molar-refractivity contribution is 5.40. The van der Waals surface area contributed by atoms with Gasteiger partial charge in [0.1, 0.15) is 0 Å². The molecule has 0 heterocycles. The van der Waals surface area contributed by atoms with Gasteiger partial charge in [0.25, 0.3) is 0 Å². The van der Waals surface area contributed by atoms with Crippen LogP contribution in [0.15, 0.2) is 36.4 Å². The third-order valence-electron chi connectivity index (χ3n) is 1.94. The summed E-state index contributed by atoms with van der Waals surface area (Å²) < 4.78 is 0. The van der Waals surface area contributed by atoms with Gasteiger partial charge in [-0.15, -0.1) is 0 Å². The van der Waals surface area contributed by atoms with Crippen LogP contribution in [0.25, 0.3) is 0 Å². The zero-order valence-electron chi connectivity index (χ0n) is 7.62. The highest BCUT2D eigenvalue weighted by atomic mass is 14.5. The molecule has 1 heteroatoms. The molecule has 0 aliphatic carbocycles. The molecule has 1 aromatic rings. The van der Waals surface area contributed by atoms with Crippen LogP contribution in [-0.2, 0) is 0 Å². The van der Waals surface area contributed by atoms with Crippen LogP contribution in [0.2, 0.25) is 0 Å². The van der Waals surface area contributed by atoms with Crippen molar-refractivity contribution in [2.24, 2.45) is 0 Å². The SMILES string of the molecule is C/C=C/[C@H](C)c1ccc(N)cc1. The Morgan fingerprint density at radius 1 is 1.25 bits per heavy atom. The zero-order valence-corrected chi connectivity index (χ0v) is 7.62. The summed E-state index contributed by atoms with van der Waals surface area (Å²) in [5.74, 6) is 0.482. The lowest BCUT2D eigenvalue weighted by molar-refractivity contribution is 0.965. The van der Waals surface area contributed by atoms with E-state index in [1.54, 1.807) is 0 Å². The van der Waals surface area contributed by atoms with Gasteiger partial charge in [-0.3, -0.25) is 0 Å². The van der Waals surface area contributed by atoms with Crippen LogP contribution < -0.4 is 5.73 Å². The van der Waals surface area contributed by atoms with Gasteiger partial charge < -0.3 is 5.73 Å². The molecule has 2 N–H and O–H groups in total. The number of nitrogen functional groups attached to an aromatic ring is 1. The molecule has 12 heavy (non-hydrogen) atoms. The van der Waals surface area contributed by atoms with Gasteiger partial charge in [-0.1, -0.05) is 31.2 Å². The molecule has 0 saturated heterocycles. The van der Waals surface area contributed by atoms with Gasteiger partial charge in [-0.2, -0.15) is 0 Å². The van der Waals surface area contributed by atoms with E-state index < -0.39 is 0 Å². The molecule has 1 nitrogen and oxygen atoms in total. The van der Waals surface area contributed by atoms with Gasteiger partial charge in [0.15, 0.2) is 0 Å². The van der Waals surface area contributed by atoms with E-state index in [2.05, 4.69) is 31.2 Å². The second-order valence-corrected chi connectivity index (χ2v) is 2.98. The van der Waals surface area contributed by atoms with Crippen LogP contribution in [0.3, 0.4) is 0 Å². The Morgan fingerprint density at radius 2 is 1.83 bits per heavy atom. The highest BCUT2D eigenvalue weighted by Crippen LogP contribution is 2.17. The molecular formula is C11H15N. The number of nitrogens with two attached hydrogens (primary N) is 1. The van der Waals surface area contributed by atoms with E-state index in [4.69, 9.17) is 5.73 Å². The summed E-state index contributed by atoms with van der Waals surface area (Å²) in [4.78, 5) is 0. The van der Waals surface area contributed by atoms with Crippen LogP contribution in [0.1, 0.15) is 25.3 Å². The lowest BCUT2D eigenvalue weighted by Gasteiger charge is -2.05. The van der Waals surface area contributed by atoms with Gasteiger partial charge in [-0.05, 0) is 30.5 Å². The van der Waals surface area contributed by atoms with E-state index in [1.807, 2.05) is 19.1 Å². The Hall–Kier alpha value is -1.24. The van der Waals surface area contributed by atoms with E-state index >= 15 is 0 Å². The fourth-order valence-electron chi connectivity index (χ4n) is 1.20. The minimum absolute atomic E-state index is 0.482. The van der Waals surface area contributed by atoms with Gasteiger partial charge in [0.2, 0.25) is 0 Å². The Morgan fingerprint density at radius 3 is 2.33 bits per heavy atom. The largest absolute Gasteiger partial charge is 0.399 e. The predicted molar refractivity (Wildman–Crippen MR) is 54.1 cm³/mol. The van der Waals surface area contributed by atoms with Crippen LogP contribution >= 0.6 is 0 Å². The molecule has 1 aromatic carbocycles. The highest BCUT2D eigenvalue weighted by Gasteiger charge is 1.98. The molecule has 0 aliphatic heterocycles. The molecule has 0 unspecified atom stereocenters. The van der Waals surface area contributed by atoms with Gasteiger partial charge in [-0.25, -0.2) is 0 Å². The summed E-state index contributed by atoms with van der Waals surface area (Å²) >= 11 is 0. The molecule has 0 bridgehead atoms. The van der Waals surface area contributed by atoms with Crippen LogP contribution in [-0.4, -0.2) is 0 Å². The Labute approximate surface area is 73.9 Å². The van der Waals surface area contributed by atoms with Gasteiger partial charge in [0, 0.05) is 5.69 Å². The molecule has 0 aliphatic rings. The van der Waals surface area contributed by atoms with Crippen molar-refractivity contribution in [1.82, 2.24) is 0 Å². The fraction of sp³-hybridized carbons (Fsp3) is 0.273. The molecule has 64 valence electrons. The van der Waals surface area contributed by atoms with Crippen LogP contribution in [0.4, 0.5) is 5.69 Å². The van der Waals surface area contributed by atoms with Crippen molar-refractivity contribution >= 4 is 5.69 Å². The third-order valence-corrected chi connectivity index (χ3v) is 1.94. The summed E-state index contributed by atoms with van der Waals surface area (Å²) in [6, 6.07) is 8.02. The van der Waals surface area contributed by atoms with E-state index in [0.29, 0.717) is 5.92 Å². The molecule has 0 spiro atoms. The first kappa shape index (κ1) is 8.85. The number of anilines is 1. The lowest BCUT2D eigenvalue weighted by atomic mass is 10.0. The monoisotopic (exact) mass is 161 g/mol. The number of hydrogen-bond acceptors (Lipinski definition) is 1. The van der Waals surface area contributed by atoms with Crippen molar-refractivity contribution in [3.8, 4) is 0 Å². The van der Waals surface area contributed by atoms with E-state index in [0.717, 1.165) is 5.69 Å². The first-order chi connectivity index (χ1) is 5.74. The van der Waals surface area contributed by atoms with Crippen molar-refractivity contribution in [3.63, 3.8) is 0 Å². The minimum atomic E-state index is 0.482. The maximum absolute atomic E-state index is 5.58. The molecule has 0 radical (unpaired) electrons. The van der Waals surface area contributed by atoms with Gasteiger partial charge in [0.05, 0.1) is 0 Å². The average Bonchev–Trinajstić information content (AvgIpc) is 2.06. The quantitative estimate of drug-likeness (QED) is 0.523. The molecule has 0 aromatic heterocycles. The molecule has 1 atom stereocenters. The van der Waals surface area contributed by atoms with Crippen molar-refractivity contribution in [1.29, 1.82) is 0 Å². The Bertz CT molecular complexity index is 259. The van der Waals surface area contributed by atoms with Crippen LogP contribution in [0, 0.1) is 0 Å². The van der Waals surface area contributed by atoms with E-state index in [9.17, 15) is 0 Å². The first-order valence-electron chi connectivity index (χ1n) is 4.22. The molecule has 1 rings (SSSR count). The molecule has 0 saturated carbocycles. The Kier molecular flexibility index (Phi) is 2.92. The second kappa shape index (κ2) is 3.96. The summed E-state index contributed by atoms with van der Waals surface area (Å²) in [7, 11) is 0. The minimum Gasteiger partial charge on any atom is -0.399 e. The fourth-order valence-corrected chi connectivity index (χ4v) is 1.20. The number of rotatable bonds is 2. The lowest BCUT2D eigenvalue weighted by Crippen LogP contribution is -1.90. The second-order valence-electron chi connectivity index (χ2n) is 2.98. The number of benzene rings is 1. The van der Waals surface area contributed by atoms with Crippen LogP contribution in [0.5, 0.6) is 0 Å². The smallest absolute Gasteiger partial charge is 0.0314 e. The molecular weight excluding hydrogens is 146 g/mol. The maximum Gasteiger partial charge on any atom is 0.0314 e. The Balaban J connectivity index is 2.82. The summed E-state index contributed by atoms with van der Waals surface area (Å²) in [6.07, 6.45) is 4.24. The summed E-state index contributed by atoms with van der Waals surface area (Å²) in [6.45, 7) is 4.21. The van der Waals surface area contributed by atoms with Crippen molar-refractivity contribution in [3.05, 3.63) is 42.0 Å². The molecule has 0 amide bonds. The van der Waals surface area contributed by atoms with Gasteiger partial charge >= 0.3 is 0 Å². The van der Waals surface area contributed by atoms with E-state index in [1.165, 1.54) is 5.56 Å². The van der Waals surface area contributed by atoms with Crippen molar-refractivity contribution < 1.29 is 0 Å². The first-order valence-corrected chi connectivity index (χ1v) is 4.22. The normalized spacial score (nSPS) is 13.5.